The Bertz CT molecular complexity index is 523. The van der Waals surface area contributed by atoms with Crippen LogP contribution < -0.4 is 5.32 Å². The second-order valence-corrected chi connectivity index (χ2v) is 3.97. The predicted molar refractivity (Wildman–Crippen MR) is 71.0 cm³/mol. The molecule has 3 nitrogen and oxygen atoms in total. The molecule has 0 aliphatic heterocycles. The van der Waals surface area contributed by atoms with Gasteiger partial charge in [-0.1, -0.05) is 31.2 Å². The zero-order valence-corrected chi connectivity index (χ0v) is 10.6. The first-order chi connectivity index (χ1) is 8.74. The van der Waals surface area contributed by atoms with Crippen molar-refractivity contribution in [2.24, 2.45) is 0 Å². The van der Waals surface area contributed by atoms with E-state index in [-0.39, 0.29) is 0 Å². The highest BCUT2D eigenvalue weighted by atomic mass is 19.1. The molecule has 0 amide bonds. The number of hydrogen-bond donors (Lipinski definition) is 1. The Kier molecular flexibility index (Phi) is 3.87. The molecular formula is C14H16FN3. The number of benzene rings is 1. The summed E-state index contributed by atoms with van der Waals surface area (Å²) in [4.78, 5) is 8.08. The van der Waals surface area contributed by atoms with Gasteiger partial charge >= 0.3 is 0 Å². The molecular weight excluding hydrogens is 229 g/mol. The third-order valence-electron chi connectivity index (χ3n) is 2.71. The van der Waals surface area contributed by atoms with E-state index in [0.29, 0.717) is 18.2 Å². The molecule has 0 radical (unpaired) electrons. The predicted octanol–water partition coefficient (Wildman–Crippen LogP) is 3.28. The second-order valence-electron chi connectivity index (χ2n) is 3.97. The minimum absolute atomic E-state index is 0.337. The minimum atomic E-state index is -0.402. The number of nitrogens with zero attached hydrogens (tertiary/aromatic N) is 2. The Hall–Kier alpha value is -1.97. The lowest BCUT2D eigenvalue weighted by Gasteiger charge is -2.06. The van der Waals surface area contributed by atoms with Gasteiger partial charge in [0.2, 0.25) is 5.95 Å². The Morgan fingerprint density at radius 1 is 1.17 bits per heavy atom. The van der Waals surface area contributed by atoms with Crippen molar-refractivity contribution < 1.29 is 4.39 Å². The fourth-order valence-corrected chi connectivity index (χ4v) is 1.71. The van der Waals surface area contributed by atoms with E-state index in [1.54, 1.807) is 0 Å². The summed E-state index contributed by atoms with van der Waals surface area (Å²) in [5.41, 5.74) is 2.33. The first-order valence-corrected chi connectivity index (χ1v) is 6.10. The van der Waals surface area contributed by atoms with Gasteiger partial charge < -0.3 is 5.32 Å². The molecule has 0 saturated carbocycles. The molecule has 1 heterocycles. The van der Waals surface area contributed by atoms with E-state index in [1.807, 2.05) is 31.2 Å². The van der Waals surface area contributed by atoms with Gasteiger partial charge in [0, 0.05) is 12.1 Å². The molecule has 0 aliphatic rings. The van der Waals surface area contributed by atoms with Crippen LogP contribution in [0.25, 0.3) is 11.3 Å². The molecule has 1 aromatic carbocycles. The van der Waals surface area contributed by atoms with Crippen molar-refractivity contribution in [3.05, 3.63) is 41.8 Å². The molecule has 0 saturated heterocycles. The van der Waals surface area contributed by atoms with Crippen molar-refractivity contribution in [1.82, 2.24) is 9.97 Å². The van der Waals surface area contributed by atoms with Crippen LogP contribution in [0.4, 0.5) is 10.3 Å². The van der Waals surface area contributed by atoms with Crippen LogP contribution in [0.1, 0.15) is 19.4 Å². The van der Waals surface area contributed by atoms with Gasteiger partial charge in [0.05, 0.1) is 6.20 Å². The number of rotatable bonds is 4. The third-order valence-corrected chi connectivity index (χ3v) is 2.71. The van der Waals surface area contributed by atoms with Crippen LogP contribution in [0.3, 0.4) is 0 Å². The van der Waals surface area contributed by atoms with E-state index >= 15 is 0 Å². The number of nitrogens with one attached hydrogen (secondary N) is 1. The second kappa shape index (κ2) is 5.58. The number of hydrogen-bond acceptors (Lipinski definition) is 3. The van der Waals surface area contributed by atoms with Crippen LogP contribution >= 0.6 is 0 Å². The van der Waals surface area contributed by atoms with Crippen LogP contribution in [0.2, 0.25) is 0 Å². The standard InChI is InChI=1S/C14H16FN3/c1-3-10-5-7-11(8-6-10)13-12(15)9-17-14(18-13)16-4-2/h5-9H,3-4H2,1-2H3,(H,16,17,18). The molecule has 2 rings (SSSR count). The summed E-state index contributed by atoms with van der Waals surface area (Å²) in [6.07, 6.45) is 2.17. The van der Waals surface area contributed by atoms with E-state index in [4.69, 9.17) is 0 Å². The SMILES string of the molecule is CCNc1ncc(F)c(-c2ccc(CC)cc2)n1. The van der Waals surface area contributed by atoms with Crippen molar-refractivity contribution in [2.75, 3.05) is 11.9 Å². The quantitative estimate of drug-likeness (QED) is 0.898. The topological polar surface area (TPSA) is 37.8 Å². The Balaban J connectivity index is 2.38. The zero-order valence-electron chi connectivity index (χ0n) is 10.6. The molecule has 1 aromatic heterocycles. The molecule has 0 spiro atoms. The molecule has 4 heteroatoms. The summed E-state index contributed by atoms with van der Waals surface area (Å²) in [7, 11) is 0. The van der Waals surface area contributed by atoms with Gasteiger partial charge in [0.15, 0.2) is 5.82 Å². The van der Waals surface area contributed by atoms with Crippen molar-refractivity contribution >= 4 is 5.95 Å². The maximum atomic E-state index is 13.7. The summed E-state index contributed by atoms with van der Waals surface area (Å²) in [5.74, 6) is 0.0503. The molecule has 1 N–H and O–H groups in total. The Morgan fingerprint density at radius 3 is 2.50 bits per heavy atom. The minimum Gasteiger partial charge on any atom is -0.354 e. The van der Waals surface area contributed by atoms with Gasteiger partial charge in [0.25, 0.3) is 0 Å². The third kappa shape index (κ3) is 2.64. The summed E-state index contributed by atoms with van der Waals surface area (Å²) in [5, 5.41) is 2.98. The lowest BCUT2D eigenvalue weighted by Crippen LogP contribution is -2.04. The van der Waals surface area contributed by atoms with Crippen LogP contribution in [-0.4, -0.2) is 16.5 Å². The lowest BCUT2D eigenvalue weighted by molar-refractivity contribution is 0.618. The van der Waals surface area contributed by atoms with Crippen LogP contribution in [-0.2, 0) is 6.42 Å². The largest absolute Gasteiger partial charge is 0.354 e. The van der Waals surface area contributed by atoms with Gasteiger partial charge in [-0.15, -0.1) is 0 Å². The molecule has 0 aliphatic carbocycles. The molecule has 0 bridgehead atoms. The molecule has 0 atom stereocenters. The summed E-state index contributed by atoms with van der Waals surface area (Å²) in [6.45, 7) is 4.74. The number of anilines is 1. The fraction of sp³-hybridized carbons (Fsp3) is 0.286. The van der Waals surface area contributed by atoms with Crippen molar-refractivity contribution in [3.63, 3.8) is 0 Å². The van der Waals surface area contributed by atoms with Crippen LogP contribution in [0.5, 0.6) is 0 Å². The first kappa shape index (κ1) is 12.5. The maximum Gasteiger partial charge on any atom is 0.223 e. The van der Waals surface area contributed by atoms with Gasteiger partial charge in [-0.2, -0.15) is 0 Å². The summed E-state index contributed by atoms with van der Waals surface area (Å²) >= 11 is 0. The van der Waals surface area contributed by atoms with E-state index in [1.165, 1.54) is 11.8 Å². The smallest absolute Gasteiger partial charge is 0.223 e. The molecule has 2 aromatic rings. The van der Waals surface area contributed by atoms with E-state index in [9.17, 15) is 4.39 Å². The maximum absolute atomic E-state index is 13.7. The average molecular weight is 245 g/mol. The highest BCUT2D eigenvalue weighted by Gasteiger charge is 2.08. The van der Waals surface area contributed by atoms with Crippen molar-refractivity contribution in [1.29, 1.82) is 0 Å². The highest BCUT2D eigenvalue weighted by molar-refractivity contribution is 5.61. The van der Waals surface area contributed by atoms with Gasteiger partial charge in [-0.05, 0) is 18.9 Å². The van der Waals surface area contributed by atoms with Gasteiger partial charge in [-0.3, -0.25) is 0 Å². The molecule has 0 fully saturated rings. The highest BCUT2D eigenvalue weighted by Crippen LogP contribution is 2.21. The van der Waals surface area contributed by atoms with E-state index < -0.39 is 5.82 Å². The number of halogens is 1. The normalized spacial score (nSPS) is 10.4. The molecule has 0 unspecified atom stereocenters. The molecule has 94 valence electrons. The average Bonchev–Trinajstić information content (AvgIpc) is 2.41. The van der Waals surface area contributed by atoms with Crippen molar-refractivity contribution in [2.45, 2.75) is 20.3 Å². The Labute approximate surface area is 106 Å². The monoisotopic (exact) mass is 245 g/mol. The van der Waals surface area contributed by atoms with E-state index in [2.05, 4.69) is 22.2 Å². The number of aromatic nitrogens is 2. The van der Waals surface area contributed by atoms with Gasteiger partial charge in [0.1, 0.15) is 5.69 Å². The fourth-order valence-electron chi connectivity index (χ4n) is 1.71. The van der Waals surface area contributed by atoms with Gasteiger partial charge in [-0.25, -0.2) is 14.4 Å². The first-order valence-electron chi connectivity index (χ1n) is 6.10. The van der Waals surface area contributed by atoms with Crippen LogP contribution in [0.15, 0.2) is 30.5 Å². The van der Waals surface area contributed by atoms with Crippen molar-refractivity contribution in [3.8, 4) is 11.3 Å². The summed E-state index contributed by atoms with van der Waals surface area (Å²) < 4.78 is 13.7. The molecule has 18 heavy (non-hydrogen) atoms. The number of aryl methyl sites for hydroxylation is 1. The summed E-state index contributed by atoms with van der Waals surface area (Å²) in [6, 6.07) is 7.76. The van der Waals surface area contributed by atoms with E-state index in [0.717, 1.165) is 12.0 Å². The lowest BCUT2D eigenvalue weighted by atomic mass is 10.1. The van der Waals surface area contributed by atoms with Crippen LogP contribution in [0, 0.1) is 5.82 Å². The zero-order chi connectivity index (χ0) is 13.0. The Morgan fingerprint density at radius 2 is 1.89 bits per heavy atom.